The van der Waals surface area contributed by atoms with Gasteiger partial charge >= 0.3 is 0 Å². The maximum absolute atomic E-state index is 12.0. The number of Topliss-reactive ketones (excluding diaryl/α,β-unsaturated/α-hetero) is 1. The lowest BCUT2D eigenvalue weighted by Gasteiger charge is -2.29. The molecule has 1 heteroatoms. The van der Waals surface area contributed by atoms with Crippen LogP contribution in [0.5, 0.6) is 0 Å². The molecule has 4 rings (SSSR count). The topological polar surface area (TPSA) is 17.1 Å². The van der Waals surface area contributed by atoms with E-state index >= 15 is 0 Å². The van der Waals surface area contributed by atoms with Crippen LogP contribution in [0.1, 0.15) is 38.5 Å². The number of fused-ring (bicyclic) bond motifs is 2. The van der Waals surface area contributed by atoms with Crippen molar-refractivity contribution in [3.05, 3.63) is 12.2 Å². The summed E-state index contributed by atoms with van der Waals surface area (Å²) in [5, 5.41) is 0. The van der Waals surface area contributed by atoms with Gasteiger partial charge in [0.1, 0.15) is 5.78 Å². The minimum Gasteiger partial charge on any atom is -0.299 e. The molecular weight excluding hydrogens is 184 g/mol. The lowest BCUT2D eigenvalue weighted by Crippen LogP contribution is -2.25. The molecule has 0 amide bonds. The van der Waals surface area contributed by atoms with E-state index in [1.54, 1.807) is 0 Å². The third kappa shape index (κ3) is 0.847. The number of carbonyl (C=O) groups is 1. The number of allylic oxidation sites excluding steroid dienone is 2. The maximum atomic E-state index is 12.0. The van der Waals surface area contributed by atoms with Gasteiger partial charge in [-0.3, -0.25) is 4.79 Å². The van der Waals surface area contributed by atoms with Gasteiger partial charge in [-0.05, 0) is 48.9 Å². The quantitative estimate of drug-likeness (QED) is 0.552. The van der Waals surface area contributed by atoms with Crippen molar-refractivity contribution >= 4 is 5.78 Å². The van der Waals surface area contributed by atoms with Crippen molar-refractivity contribution in [1.29, 1.82) is 0 Å². The first-order valence-electron chi connectivity index (χ1n) is 6.51. The predicted octanol–water partition coefficient (Wildman–Crippen LogP) is 2.96. The molecule has 1 nitrogen and oxygen atoms in total. The van der Waals surface area contributed by atoms with Crippen LogP contribution in [-0.2, 0) is 4.79 Å². The lowest BCUT2D eigenvalue weighted by atomic mass is 9.74. The van der Waals surface area contributed by atoms with E-state index in [1.165, 1.54) is 32.1 Å². The third-order valence-electron chi connectivity index (χ3n) is 5.85. The molecule has 3 fully saturated rings. The van der Waals surface area contributed by atoms with Crippen LogP contribution in [-0.4, -0.2) is 5.78 Å². The van der Waals surface area contributed by atoms with Gasteiger partial charge in [0.05, 0.1) is 0 Å². The molecule has 80 valence electrons. The summed E-state index contributed by atoms with van der Waals surface area (Å²) in [4.78, 5) is 12.0. The molecule has 0 saturated heterocycles. The van der Waals surface area contributed by atoms with Crippen molar-refractivity contribution in [2.45, 2.75) is 38.5 Å². The molecule has 2 unspecified atom stereocenters. The van der Waals surface area contributed by atoms with E-state index in [0.717, 1.165) is 24.2 Å². The zero-order chi connectivity index (χ0) is 10.0. The Bertz CT molecular complexity index is 356. The zero-order valence-electron chi connectivity index (χ0n) is 9.11. The summed E-state index contributed by atoms with van der Waals surface area (Å²) >= 11 is 0. The molecule has 0 aromatic carbocycles. The highest BCUT2D eigenvalue weighted by atomic mass is 16.1. The van der Waals surface area contributed by atoms with Crippen LogP contribution in [0.4, 0.5) is 0 Å². The molecule has 0 heterocycles. The Morgan fingerprint density at radius 3 is 3.27 bits per heavy atom. The number of ketones is 1. The number of hydrogen-bond donors (Lipinski definition) is 0. The Hall–Kier alpha value is -0.590. The second-order valence-corrected chi connectivity index (χ2v) is 6.15. The van der Waals surface area contributed by atoms with Gasteiger partial charge in [-0.1, -0.05) is 18.6 Å². The highest BCUT2D eigenvalue weighted by Gasteiger charge is 2.64. The Kier molecular flexibility index (Phi) is 1.46. The molecule has 0 aliphatic heterocycles. The average Bonchev–Trinajstić information content (AvgIpc) is 2.87. The highest BCUT2D eigenvalue weighted by Crippen LogP contribution is 2.68. The van der Waals surface area contributed by atoms with E-state index < -0.39 is 0 Å². The van der Waals surface area contributed by atoms with Gasteiger partial charge in [0, 0.05) is 12.3 Å². The zero-order valence-corrected chi connectivity index (χ0v) is 9.11. The van der Waals surface area contributed by atoms with Crippen LogP contribution in [0.2, 0.25) is 0 Å². The van der Waals surface area contributed by atoms with Crippen molar-refractivity contribution in [2.75, 3.05) is 0 Å². The Morgan fingerprint density at radius 2 is 2.33 bits per heavy atom. The SMILES string of the molecule is O=C1CC2[C@H]3CC=C[C@H]3C[C@@]23CCCC13. The number of rotatable bonds is 0. The van der Waals surface area contributed by atoms with Crippen LogP contribution in [0.25, 0.3) is 0 Å². The van der Waals surface area contributed by atoms with Crippen LogP contribution in [0.15, 0.2) is 12.2 Å². The molecule has 3 saturated carbocycles. The van der Waals surface area contributed by atoms with Gasteiger partial charge in [0.15, 0.2) is 0 Å². The standard InChI is InChI=1S/C14H18O/c15-13-7-12-10-4-1-3-9(10)8-14(12)6-2-5-11(13)14/h1,3,9-12H,2,4-8H2/t9-,10-,11?,12?,14+/m0/s1. The summed E-state index contributed by atoms with van der Waals surface area (Å²) in [6.45, 7) is 0. The molecule has 4 aliphatic carbocycles. The minimum atomic E-state index is 0.474. The second kappa shape index (κ2) is 2.56. The second-order valence-electron chi connectivity index (χ2n) is 6.15. The Balaban J connectivity index is 1.79. The fraction of sp³-hybridized carbons (Fsp3) is 0.786. The van der Waals surface area contributed by atoms with E-state index in [2.05, 4.69) is 12.2 Å². The minimum absolute atomic E-state index is 0.474. The summed E-state index contributed by atoms with van der Waals surface area (Å²) in [7, 11) is 0. The van der Waals surface area contributed by atoms with Gasteiger partial charge in [-0.25, -0.2) is 0 Å². The van der Waals surface area contributed by atoms with Crippen molar-refractivity contribution in [2.24, 2.45) is 29.1 Å². The first kappa shape index (κ1) is 8.55. The molecule has 1 spiro atoms. The van der Waals surface area contributed by atoms with E-state index in [9.17, 15) is 4.79 Å². The summed E-state index contributed by atoms with van der Waals surface area (Å²) in [5.41, 5.74) is 0.483. The normalized spacial score (nSPS) is 55.9. The first-order valence-corrected chi connectivity index (χ1v) is 6.51. The predicted molar refractivity (Wildman–Crippen MR) is 58.2 cm³/mol. The van der Waals surface area contributed by atoms with E-state index in [-0.39, 0.29) is 0 Å². The van der Waals surface area contributed by atoms with Gasteiger partial charge < -0.3 is 0 Å². The van der Waals surface area contributed by atoms with Gasteiger partial charge in [0.25, 0.3) is 0 Å². The average molecular weight is 202 g/mol. The molecule has 0 N–H and O–H groups in total. The van der Waals surface area contributed by atoms with Gasteiger partial charge in [-0.15, -0.1) is 0 Å². The monoisotopic (exact) mass is 202 g/mol. The lowest BCUT2D eigenvalue weighted by molar-refractivity contribution is -0.122. The van der Waals surface area contributed by atoms with Crippen molar-refractivity contribution < 1.29 is 4.79 Å². The van der Waals surface area contributed by atoms with Crippen molar-refractivity contribution in [3.8, 4) is 0 Å². The van der Waals surface area contributed by atoms with Crippen molar-refractivity contribution in [1.82, 2.24) is 0 Å². The van der Waals surface area contributed by atoms with E-state index in [1.807, 2.05) is 0 Å². The summed E-state index contributed by atoms with van der Waals surface area (Å²) in [6, 6.07) is 0. The number of carbonyl (C=O) groups excluding carboxylic acids is 1. The molecule has 4 aliphatic rings. The van der Waals surface area contributed by atoms with Gasteiger partial charge in [0.2, 0.25) is 0 Å². The van der Waals surface area contributed by atoms with Crippen LogP contribution >= 0.6 is 0 Å². The summed E-state index contributed by atoms with van der Waals surface area (Å²) < 4.78 is 0. The van der Waals surface area contributed by atoms with Crippen molar-refractivity contribution in [3.63, 3.8) is 0 Å². The van der Waals surface area contributed by atoms with E-state index in [0.29, 0.717) is 17.1 Å². The maximum Gasteiger partial charge on any atom is 0.136 e. The van der Waals surface area contributed by atoms with Gasteiger partial charge in [-0.2, -0.15) is 0 Å². The van der Waals surface area contributed by atoms with E-state index in [4.69, 9.17) is 0 Å². The largest absolute Gasteiger partial charge is 0.299 e. The summed E-state index contributed by atoms with van der Waals surface area (Å²) in [5.74, 6) is 3.53. The molecule has 15 heavy (non-hydrogen) atoms. The molecule has 0 radical (unpaired) electrons. The third-order valence-corrected chi connectivity index (χ3v) is 5.85. The smallest absolute Gasteiger partial charge is 0.136 e. The number of hydrogen-bond acceptors (Lipinski definition) is 1. The first-order chi connectivity index (χ1) is 7.31. The molecule has 5 atom stereocenters. The molecule has 0 aromatic heterocycles. The fourth-order valence-corrected chi connectivity index (χ4v) is 5.41. The van der Waals surface area contributed by atoms with Crippen LogP contribution in [0, 0.1) is 29.1 Å². The Morgan fingerprint density at radius 1 is 1.40 bits per heavy atom. The van der Waals surface area contributed by atoms with Crippen LogP contribution in [0.3, 0.4) is 0 Å². The highest BCUT2D eigenvalue weighted by molar-refractivity contribution is 5.85. The Labute approximate surface area is 90.9 Å². The molecular formula is C14H18O. The van der Waals surface area contributed by atoms with Crippen LogP contribution < -0.4 is 0 Å². The molecule has 0 aromatic rings. The molecule has 0 bridgehead atoms. The summed E-state index contributed by atoms with van der Waals surface area (Å²) in [6.07, 6.45) is 12.2. The fourth-order valence-electron chi connectivity index (χ4n) is 5.41.